The van der Waals surface area contributed by atoms with E-state index in [2.05, 4.69) is 62.8 Å². The molecule has 3 aromatic rings. The highest BCUT2D eigenvalue weighted by atomic mass is 16.3. The second kappa shape index (κ2) is 9.69. The SMILES string of the molecule is CCN(CC)c1nc(N/N=C/c2ccc(O)cc2)nc(Nc2cc(C)ccc2C)n1. The second-order valence-corrected chi connectivity index (χ2v) is 6.86. The first-order chi connectivity index (χ1) is 14.5. The first-order valence-corrected chi connectivity index (χ1v) is 9.92. The van der Waals surface area contributed by atoms with Gasteiger partial charge in [-0.2, -0.15) is 20.1 Å². The molecule has 1 heterocycles. The normalized spacial score (nSPS) is 10.9. The average Bonchev–Trinajstić information content (AvgIpc) is 2.73. The van der Waals surface area contributed by atoms with Gasteiger partial charge in [0, 0.05) is 18.8 Å². The van der Waals surface area contributed by atoms with Crippen molar-refractivity contribution < 1.29 is 5.11 Å². The molecule has 0 saturated heterocycles. The van der Waals surface area contributed by atoms with E-state index in [1.54, 1.807) is 30.5 Å². The Morgan fingerprint density at radius 2 is 1.67 bits per heavy atom. The van der Waals surface area contributed by atoms with Crippen molar-refractivity contribution in [3.8, 4) is 5.75 Å². The van der Waals surface area contributed by atoms with Gasteiger partial charge in [0.2, 0.25) is 17.8 Å². The molecule has 0 aliphatic rings. The molecular formula is C22H27N7O. The second-order valence-electron chi connectivity index (χ2n) is 6.86. The van der Waals surface area contributed by atoms with Gasteiger partial charge >= 0.3 is 0 Å². The van der Waals surface area contributed by atoms with Crippen LogP contribution in [0.25, 0.3) is 0 Å². The third kappa shape index (κ3) is 5.44. The van der Waals surface area contributed by atoms with Crippen LogP contribution in [0.5, 0.6) is 5.75 Å². The molecule has 30 heavy (non-hydrogen) atoms. The Bertz CT molecular complexity index is 1010. The van der Waals surface area contributed by atoms with Crippen LogP contribution in [0.1, 0.15) is 30.5 Å². The Labute approximate surface area is 176 Å². The maximum absolute atomic E-state index is 9.38. The van der Waals surface area contributed by atoms with Crippen LogP contribution in [0, 0.1) is 13.8 Å². The third-order valence-corrected chi connectivity index (χ3v) is 4.58. The van der Waals surface area contributed by atoms with Crippen LogP contribution in [0.4, 0.5) is 23.5 Å². The maximum atomic E-state index is 9.38. The molecular weight excluding hydrogens is 378 g/mol. The lowest BCUT2D eigenvalue weighted by Gasteiger charge is -2.19. The highest BCUT2D eigenvalue weighted by molar-refractivity contribution is 5.80. The number of nitrogens with zero attached hydrogens (tertiary/aromatic N) is 5. The van der Waals surface area contributed by atoms with Gasteiger partial charge in [0.1, 0.15) is 5.75 Å². The Morgan fingerprint density at radius 1 is 0.967 bits per heavy atom. The van der Waals surface area contributed by atoms with Crippen molar-refractivity contribution in [1.29, 1.82) is 0 Å². The Morgan fingerprint density at radius 3 is 2.37 bits per heavy atom. The predicted molar refractivity (Wildman–Crippen MR) is 122 cm³/mol. The quantitative estimate of drug-likeness (QED) is 0.381. The lowest BCUT2D eigenvalue weighted by atomic mass is 10.1. The molecule has 0 aliphatic carbocycles. The number of benzene rings is 2. The fraction of sp³-hybridized carbons (Fsp3) is 0.273. The van der Waals surface area contributed by atoms with E-state index in [0.717, 1.165) is 35.5 Å². The fourth-order valence-electron chi connectivity index (χ4n) is 2.83. The molecule has 156 valence electrons. The van der Waals surface area contributed by atoms with Gasteiger partial charge in [0.15, 0.2) is 0 Å². The zero-order valence-corrected chi connectivity index (χ0v) is 17.7. The van der Waals surface area contributed by atoms with Crippen LogP contribution < -0.4 is 15.6 Å². The van der Waals surface area contributed by atoms with Gasteiger partial charge in [-0.05, 0) is 74.7 Å². The van der Waals surface area contributed by atoms with E-state index in [1.165, 1.54) is 0 Å². The Hall–Kier alpha value is -3.68. The average molecular weight is 406 g/mol. The van der Waals surface area contributed by atoms with E-state index < -0.39 is 0 Å². The summed E-state index contributed by atoms with van der Waals surface area (Å²) in [7, 11) is 0. The Kier molecular flexibility index (Phi) is 6.79. The lowest BCUT2D eigenvalue weighted by Crippen LogP contribution is -2.25. The fourth-order valence-corrected chi connectivity index (χ4v) is 2.83. The number of aryl methyl sites for hydroxylation is 2. The van der Waals surface area contributed by atoms with Crippen molar-refractivity contribution in [2.75, 3.05) is 28.7 Å². The van der Waals surface area contributed by atoms with Gasteiger partial charge in [0.05, 0.1) is 6.21 Å². The van der Waals surface area contributed by atoms with Crippen LogP contribution in [-0.4, -0.2) is 39.4 Å². The van der Waals surface area contributed by atoms with Crippen LogP contribution in [-0.2, 0) is 0 Å². The van der Waals surface area contributed by atoms with Crippen molar-refractivity contribution in [2.45, 2.75) is 27.7 Å². The van der Waals surface area contributed by atoms with Crippen LogP contribution in [0.3, 0.4) is 0 Å². The van der Waals surface area contributed by atoms with E-state index in [-0.39, 0.29) is 5.75 Å². The molecule has 2 aromatic carbocycles. The number of phenolic OH excluding ortho intramolecular Hbond substituents is 1. The number of hydrazone groups is 1. The summed E-state index contributed by atoms with van der Waals surface area (Å²) in [6.07, 6.45) is 1.64. The standard InChI is InChI=1S/C22H27N7O/c1-5-29(6-2)22-26-20(24-19-13-15(3)7-8-16(19)4)25-21(27-22)28-23-14-17-9-11-18(30)12-10-17/h7-14,30H,5-6H2,1-4H3,(H2,24,25,26,27,28)/b23-14+. The molecule has 8 heteroatoms. The maximum Gasteiger partial charge on any atom is 0.250 e. The summed E-state index contributed by atoms with van der Waals surface area (Å²) >= 11 is 0. The summed E-state index contributed by atoms with van der Waals surface area (Å²) in [5.74, 6) is 1.58. The number of phenols is 1. The van der Waals surface area contributed by atoms with Crippen LogP contribution in [0.15, 0.2) is 47.6 Å². The number of aromatic nitrogens is 3. The van der Waals surface area contributed by atoms with E-state index in [9.17, 15) is 5.11 Å². The summed E-state index contributed by atoms with van der Waals surface area (Å²) in [4.78, 5) is 15.6. The molecule has 0 fully saturated rings. The van der Waals surface area contributed by atoms with Gasteiger partial charge < -0.3 is 15.3 Å². The van der Waals surface area contributed by atoms with Gasteiger partial charge in [-0.1, -0.05) is 12.1 Å². The molecule has 0 amide bonds. The lowest BCUT2D eigenvalue weighted by molar-refractivity contribution is 0.475. The molecule has 0 atom stereocenters. The van der Waals surface area contributed by atoms with Crippen molar-refractivity contribution >= 4 is 29.7 Å². The summed E-state index contributed by atoms with van der Waals surface area (Å²) in [6, 6.07) is 12.9. The number of hydrogen-bond acceptors (Lipinski definition) is 8. The number of hydrogen-bond donors (Lipinski definition) is 3. The third-order valence-electron chi connectivity index (χ3n) is 4.58. The molecule has 0 radical (unpaired) electrons. The van der Waals surface area contributed by atoms with E-state index in [1.807, 2.05) is 18.7 Å². The molecule has 0 unspecified atom stereocenters. The number of nitrogens with one attached hydrogen (secondary N) is 2. The minimum absolute atomic E-state index is 0.212. The first kappa shape index (κ1) is 21.0. The number of rotatable bonds is 8. The highest BCUT2D eigenvalue weighted by Gasteiger charge is 2.12. The van der Waals surface area contributed by atoms with E-state index >= 15 is 0 Å². The number of anilines is 4. The summed E-state index contributed by atoms with van der Waals surface area (Å²) in [5.41, 5.74) is 6.92. The summed E-state index contributed by atoms with van der Waals surface area (Å²) in [5, 5.41) is 16.9. The van der Waals surface area contributed by atoms with Crippen molar-refractivity contribution in [2.24, 2.45) is 5.10 Å². The Balaban J connectivity index is 1.87. The van der Waals surface area contributed by atoms with Gasteiger partial charge in [-0.15, -0.1) is 0 Å². The smallest absolute Gasteiger partial charge is 0.250 e. The molecule has 0 saturated carbocycles. The molecule has 3 rings (SSSR count). The topological polar surface area (TPSA) is 98.6 Å². The minimum atomic E-state index is 0.212. The molecule has 8 nitrogen and oxygen atoms in total. The summed E-state index contributed by atoms with van der Waals surface area (Å²) in [6.45, 7) is 9.75. The highest BCUT2D eigenvalue weighted by Crippen LogP contribution is 2.22. The van der Waals surface area contributed by atoms with Crippen molar-refractivity contribution in [3.05, 3.63) is 59.2 Å². The molecule has 0 spiro atoms. The zero-order valence-electron chi connectivity index (χ0n) is 17.7. The summed E-state index contributed by atoms with van der Waals surface area (Å²) < 4.78 is 0. The van der Waals surface area contributed by atoms with Gasteiger partial charge in [-0.3, -0.25) is 0 Å². The van der Waals surface area contributed by atoms with Crippen molar-refractivity contribution in [3.63, 3.8) is 0 Å². The minimum Gasteiger partial charge on any atom is -0.508 e. The molecule has 0 aliphatic heterocycles. The van der Waals surface area contributed by atoms with E-state index in [0.29, 0.717) is 17.8 Å². The molecule has 3 N–H and O–H groups in total. The van der Waals surface area contributed by atoms with Crippen LogP contribution in [0.2, 0.25) is 0 Å². The largest absolute Gasteiger partial charge is 0.508 e. The monoisotopic (exact) mass is 405 g/mol. The molecule has 1 aromatic heterocycles. The zero-order chi connectivity index (χ0) is 21.5. The predicted octanol–water partition coefficient (Wildman–Crippen LogP) is 4.23. The van der Waals surface area contributed by atoms with Crippen molar-refractivity contribution in [1.82, 2.24) is 15.0 Å². The van der Waals surface area contributed by atoms with E-state index in [4.69, 9.17) is 0 Å². The molecule has 0 bridgehead atoms. The van der Waals surface area contributed by atoms with Gasteiger partial charge in [-0.25, -0.2) is 5.43 Å². The number of aromatic hydroxyl groups is 1. The first-order valence-electron chi connectivity index (χ1n) is 9.92. The van der Waals surface area contributed by atoms with Gasteiger partial charge in [0.25, 0.3) is 0 Å². The van der Waals surface area contributed by atoms with Crippen LogP contribution >= 0.6 is 0 Å².